The second kappa shape index (κ2) is 2.02. The summed E-state index contributed by atoms with van der Waals surface area (Å²) >= 11 is 0. The molecule has 0 radical (unpaired) electrons. The summed E-state index contributed by atoms with van der Waals surface area (Å²) < 4.78 is 5.22. The van der Waals surface area contributed by atoms with Gasteiger partial charge in [0.15, 0.2) is 0 Å². The molecular weight excluding hydrogens is 156 g/mol. The second-order valence-electron chi connectivity index (χ2n) is 4.20. The minimum absolute atomic E-state index is 0.0255. The highest BCUT2D eigenvalue weighted by Gasteiger charge is 2.58. The zero-order chi connectivity index (χ0) is 8.29. The van der Waals surface area contributed by atoms with Crippen LogP contribution < -0.4 is 0 Å². The maximum absolute atomic E-state index is 11.3. The molecule has 3 aliphatic rings. The van der Waals surface area contributed by atoms with Crippen LogP contribution in [0.25, 0.3) is 0 Å². The molecule has 2 aliphatic carbocycles. The van der Waals surface area contributed by atoms with E-state index in [1.807, 2.05) is 0 Å². The lowest BCUT2D eigenvalue weighted by Crippen LogP contribution is -2.17. The van der Waals surface area contributed by atoms with E-state index < -0.39 is 0 Å². The van der Waals surface area contributed by atoms with Gasteiger partial charge in [0.2, 0.25) is 0 Å². The molecule has 0 bridgehead atoms. The minimum atomic E-state index is -0.238. The number of hydrogen-bond donors (Lipinski definition) is 1. The van der Waals surface area contributed by atoms with Crippen LogP contribution in [0.4, 0.5) is 0 Å². The third kappa shape index (κ3) is 0.637. The van der Waals surface area contributed by atoms with E-state index in [1.165, 1.54) is 0 Å². The molecule has 0 aromatic heterocycles. The number of esters is 1. The lowest BCUT2D eigenvalue weighted by Gasteiger charge is -2.12. The highest BCUT2D eigenvalue weighted by Crippen LogP contribution is 2.53. The van der Waals surface area contributed by atoms with Crippen molar-refractivity contribution in [3.8, 4) is 0 Å². The third-order valence-electron chi connectivity index (χ3n) is 3.73. The highest BCUT2D eigenvalue weighted by atomic mass is 16.6. The predicted octanol–water partition coefficient (Wildman–Crippen LogP) is 0.319. The number of hydrogen-bond acceptors (Lipinski definition) is 3. The summed E-state index contributed by atoms with van der Waals surface area (Å²) in [6.07, 6.45) is 2.56. The Kier molecular flexibility index (Phi) is 1.16. The van der Waals surface area contributed by atoms with Crippen LogP contribution in [0.1, 0.15) is 19.3 Å². The van der Waals surface area contributed by atoms with Gasteiger partial charge < -0.3 is 9.84 Å². The monoisotopic (exact) mass is 168 g/mol. The van der Waals surface area contributed by atoms with E-state index in [4.69, 9.17) is 4.74 Å². The zero-order valence-electron chi connectivity index (χ0n) is 6.77. The summed E-state index contributed by atoms with van der Waals surface area (Å²) in [5, 5.41) is 9.63. The Morgan fingerprint density at radius 2 is 2.25 bits per heavy atom. The number of aliphatic hydroxyl groups is 1. The van der Waals surface area contributed by atoms with Crippen LogP contribution >= 0.6 is 0 Å². The van der Waals surface area contributed by atoms with Crippen molar-refractivity contribution in [2.45, 2.75) is 31.5 Å². The molecular formula is C9H12O3. The van der Waals surface area contributed by atoms with Crippen molar-refractivity contribution >= 4 is 5.97 Å². The molecule has 0 unspecified atom stereocenters. The van der Waals surface area contributed by atoms with Crippen LogP contribution in [0.3, 0.4) is 0 Å². The topological polar surface area (TPSA) is 46.5 Å². The molecule has 1 heterocycles. The number of rotatable bonds is 0. The Hall–Kier alpha value is -0.570. The molecule has 12 heavy (non-hydrogen) atoms. The molecule has 2 saturated carbocycles. The fraction of sp³-hybridized carbons (Fsp3) is 0.889. The number of aliphatic hydroxyl groups excluding tert-OH is 1. The van der Waals surface area contributed by atoms with Gasteiger partial charge in [-0.25, -0.2) is 0 Å². The Labute approximate surface area is 70.7 Å². The first-order chi connectivity index (χ1) is 5.77. The Bertz CT molecular complexity index is 238. The van der Waals surface area contributed by atoms with Crippen LogP contribution in [-0.4, -0.2) is 23.3 Å². The van der Waals surface area contributed by atoms with E-state index in [2.05, 4.69) is 0 Å². The van der Waals surface area contributed by atoms with Crippen LogP contribution in [-0.2, 0) is 9.53 Å². The van der Waals surface area contributed by atoms with Crippen LogP contribution in [0.5, 0.6) is 0 Å². The minimum Gasteiger partial charge on any atom is -0.462 e. The highest BCUT2D eigenvalue weighted by molar-refractivity contribution is 5.76. The molecule has 3 rings (SSSR count). The molecule has 1 saturated heterocycles. The third-order valence-corrected chi connectivity index (χ3v) is 3.73. The molecule has 0 amide bonds. The van der Waals surface area contributed by atoms with Crippen molar-refractivity contribution in [1.29, 1.82) is 0 Å². The van der Waals surface area contributed by atoms with E-state index >= 15 is 0 Å². The van der Waals surface area contributed by atoms with Gasteiger partial charge in [-0.1, -0.05) is 0 Å². The SMILES string of the molecule is O=C1O[C@H]2CC[C@@H]3[C@H]2[C@H]1C[C@H]3O. The summed E-state index contributed by atoms with van der Waals surface area (Å²) in [5.41, 5.74) is 0. The molecule has 1 N–H and O–H groups in total. The van der Waals surface area contributed by atoms with Crippen molar-refractivity contribution in [1.82, 2.24) is 0 Å². The molecule has 0 spiro atoms. The number of carbonyl (C=O) groups excluding carboxylic acids is 1. The van der Waals surface area contributed by atoms with Gasteiger partial charge in [-0.15, -0.1) is 0 Å². The van der Waals surface area contributed by atoms with Gasteiger partial charge in [-0.05, 0) is 25.2 Å². The first-order valence-electron chi connectivity index (χ1n) is 4.66. The van der Waals surface area contributed by atoms with Crippen molar-refractivity contribution in [3.63, 3.8) is 0 Å². The maximum atomic E-state index is 11.3. The largest absolute Gasteiger partial charge is 0.462 e. The first-order valence-corrected chi connectivity index (χ1v) is 4.66. The van der Waals surface area contributed by atoms with Gasteiger partial charge in [-0.3, -0.25) is 4.79 Å². The maximum Gasteiger partial charge on any atom is 0.309 e. The van der Waals surface area contributed by atoms with Crippen molar-refractivity contribution in [2.24, 2.45) is 17.8 Å². The van der Waals surface area contributed by atoms with E-state index in [-0.39, 0.29) is 24.1 Å². The molecule has 0 aromatic carbocycles. The summed E-state index contributed by atoms with van der Waals surface area (Å²) in [6.45, 7) is 0. The van der Waals surface area contributed by atoms with Gasteiger partial charge >= 0.3 is 5.97 Å². The summed E-state index contributed by atoms with van der Waals surface area (Å²) in [7, 11) is 0. The van der Waals surface area contributed by atoms with Crippen molar-refractivity contribution in [2.75, 3.05) is 0 Å². The summed E-state index contributed by atoms with van der Waals surface area (Å²) in [6, 6.07) is 0. The first kappa shape index (κ1) is 6.89. The normalized spacial score (nSPS) is 55.8. The lowest BCUT2D eigenvalue weighted by molar-refractivity contribution is -0.144. The number of ether oxygens (including phenoxy) is 1. The average Bonchev–Trinajstić information content (AvgIpc) is 2.59. The van der Waals surface area contributed by atoms with E-state index in [0.717, 1.165) is 12.8 Å². The average molecular weight is 168 g/mol. The van der Waals surface area contributed by atoms with Gasteiger partial charge in [0, 0.05) is 5.92 Å². The smallest absolute Gasteiger partial charge is 0.309 e. The Morgan fingerprint density at radius 3 is 3.08 bits per heavy atom. The molecule has 5 atom stereocenters. The number of carbonyl (C=O) groups is 1. The Morgan fingerprint density at radius 1 is 1.42 bits per heavy atom. The predicted molar refractivity (Wildman–Crippen MR) is 40.2 cm³/mol. The van der Waals surface area contributed by atoms with Crippen molar-refractivity contribution < 1.29 is 14.6 Å². The van der Waals surface area contributed by atoms with Gasteiger partial charge in [-0.2, -0.15) is 0 Å². The van der Waals surface area contributed by atoms with Crippen LogP contribution in [0.15, 0.2) is 0 Å². The summed E-state index contributed by atoms with van der Waals surface area (Å²) in [5.74, 6) is 0.669. The van der Waals surface area contributed by atoms with Crippen LogP contribution in [0.2, 0.25) is 0 Å². The Balaban J connectivity index is 1.98. The van der Waals surface area contributed by atoms with Gasteiger partial charge in [0.1, 0.15) is 6.10 Å². The molecule has 1 aliphatic heterocycles. The molecule has 3 heteroatoms. The van der Waals surface area contributed by atoms with Gasteiger partial charge in [0.05, 0.1) is 12.0 Å². The second-order valence-corrected chi connectivity index (χ2v) is 4.20. The van der Waals surface area contributed by atoms with E-state index in [0.29, 0.717) is 18.3 Å². The lowest BCUT2D eigenvalue weighted by atomic mass is 9.93. The fourth-order valence-electron chi connectivity index (χ4n) is 3.24. The summed E-state index contributed by atoms with van der Waals surface area (Å²) in [4.78, 5) is 11.3. The molecule has 66 valence electrons. The fourth-order valence-corrected chi connectivity index (χ4v) is 3.24. The zero-order valence-corrected chi connectivity index (χ0v) is 6.77. The quantitative estimate of drug-likeness (QED) is 0.530. The molecule has 3 nitrogen and oxygen atoms in total. The van der Waals surface area contributed by atoms with Gasteiger partial charge in [0.25, 0.3) is 0 Å². The molecule has 0 aromatic rings. The molecule has 3 fully saturated rings. The standard InChI is InChI=1S/C9H12O3/c10-6-3-5-8-4(6)1-2-7(8)12-9(5)11/h4-8,10H,1-3H2/t4-,5+,6+,7-,8-/m0/s1. The van der Waals surface area contributed by atoms with E-state index in [9.17, 15) is 9.90 Å². The van der Waals surface area contributed by atoms with Crippen LogP contribution in [0, 0.1) is 17.8 Å². The van der Waals surface area contributed by atoms with Crippen molar-refractivity contribution in [3.05, 3.63) is 0 Å². The van der Waals surface area contributed by atoms with E-state index in [1.54, 1.807) is 0 Å².